The average Bonchev–Trinajstić information content (AvgIpc) is 2.76. The number of para-hydroxylation sites is 1. The van der Waals surface area contributed by atoms with Gasteiger partial charge in [0.2, 0.25) is 0 Å². The Balaban J connectivity index is 1.95. The second-order valence-corrected chi connectivity index (χ2v) is 4.55. The summed E-state index contributed by atoms with van der Waals surface area (Å²) in [5.41, 5.74) is 1.43. The monoisotopic (exact) mass is 244 g/mol. The second kappa shape index (κ2) is 4.46. The van der Waals surface area contributed by atoms with Crippen LogP contribution in [0.3, 0.4) is 0 Å². The third kappa shape index (κ3) is 1.69. The maximum atomic E-state index is 12.5. The van der Waals surface area contributed by atoms with Gasteiger partial charge in [-0.1, -0.05) is 18.2 Å². The molecule has 1 aromatic heterocycles. The molecule has 4 nitrogen and oxygen atoms in total. The predicted molar refractivity (Wildman–Crippen MR) is 69.6 cm³/mol. The molecule has 1 fully saturated rings. The Labute approximate surface area is 106 Å². The number of hydrogen-bond donors (Lipinski definition) is 1. The van der Waals surface area contributed by atoms with Gasteiger partial charge in [-0.05, 0) is 13.0 Å². The van der Waals surface area contributed by atoms with Gasteiger partial charge < -0.3 is 14.6 Å². The lowest BCUT2D eigenvalue weighted by molar-refractivity contribution is 0.0631. The number of amides is 1. The Hall–Kier alpha value is -1.81. The van der Waals surface area contributed by atoms with Crippen LogP contribution in [-0.2, 0) is 0 Å². The van der Waals surface area contributed by atoms with E-state index in [0.717, 1.165) is 30.6 Å². The molecular weight excluding hydrogens is 228 g/mol. The summed E-state index contributed by atoms with van der Waals surface area (Å²) in [6, 6.07) is 7.96. The summed E-state index contributed by atoms with van der Waals surface area (Å²) in [5.74, 6) is 0.0638. The number of likely N-dealkylation sites (N-methyl/N-ethyl adjacent to an activating group) is 1. The van der Waals surface area contributed by atoms with E-state index in [9.17, 15) is 4.79 Å². The minimum Gasteiger partial charge on any atom is -0.463 e. The van der Waals surface area contributed by atoms with Crippen LogP contribution < -0.4 is 5.32 Å². The number of carbonyl (C=O) groups is 1. The molecule has 4 heteroatoms. The minimum atomic E-state index is 0.0638. The number of nitrogens with one attached hydrogen (secondary N) is 1. The highest BCUT2D eigenvalue weighted by Gasteiger charge is 2.29. The molecule has 1 saturated heterocycles. The molecule has 0 atom stereocenters. The van der Waals surface area contributed by atoms with Crippen molar-refractivity contribution in [1.82, 2.24) is 10.2 Å². The fourth-order valence-corrected chi connectivity index (χ4v) is 2.36. The van der Waals surface area contributed by atoms with Gasteiger partial charge in [-0.25, -0.2) is 0 Å². The first-order valence-corrected chi connectivity index (χ1v) is 6.29. The van der Waals surface area contributed by atoms with Gasteiger partial charge in [0, 0.05) is 25.0 Å². The van der Waals surface area contributed by atoms with Gasteiger partial charge in [0.1, 0.15) is 11.8 Å². The van der Waals surface area contributed by atoms with E-state index in [-0.39, 0.29) is 5.91 Å². The van der Waals surface area contributed by atoms with Gasteiger partial charge in [-0.3, -0.25) is 4.79 Å². The lowest BCUT2D eigenvalue weighted by Crippen LogP contribution is -2.58. The van der Waals surface area contributed by atoms with Crippen LogP contribution in [0, 0.1) is 0 Å². The minimum absolute atomic E-state index is 0.0638. The summed E-state index contributed by atoms with van der Waals surface area (Å²) in [6.07, 6.45) is 1.57. The first kappa shape index (κ1) is 11.3. The molecule has 3 rings (SSSR count). The van der Waals surface area contributed by atoms with Crippen LogP contribution >= 0.6 is 0 Å². The standard InChI is InChI=1S/C14H16N2O2/c1-2-16(10-7-15-8-10)14(17)12-9-18-13-6-4-3-5-11(12)13/h3-6,9-10,15H,2,7-8H2,1H3. The van der Waals surface area contributed by atoms with Gasteiger partial charge in [-0.2, -0.15) is 0 Å². The fourth-order valence-electron chi connectivity index (χ4n) is 2.36. The summed E-state index contributed by atoms with van der Waals surface area (Å²) < 4.78 is 5.43. The van der Waals surface area contributed by atoms with Gasteiger partial charge in [0.05, 0.1) is 11.6 Å². The maximum absolute atomic E-state index is 12.5. The van der Waals surface area contributed by atoms with Crippen molar-refractivity contribution in [3.05, 3.63) is 36.1 Å². The molecule has 2 heterocycles. The molecule has 0 bridgehead atoms. The van der Waals surface area contributed by atoms with E-state index >= 15 is 0 Å². The van der Waals surface area contributed by atoms with Crippen molar-refractivity contribution < 1.29 is 9.21 Å². The molecule has 0 spiro atoms. The largest absolute Gasteiger partial charge is 0.463 e. The molecule has 1 N–H and O–H groups in total. The zero-order valence-electron chi connectivity index (χ0n) is 10.3. The van der Waals surface area contributed by atoms with E-state index in [0.29, 0.717) is 11.6 Å². The third-order valence-electron chi connectivity index (χ3n) is 3.51. The van der Waals surface area contributed by atoms with Crippen molar-refractivity contribution in [2.75, 3.05) is 19.6 Å². The SMILES string of the molecule is CCN(C(=O)c1coc2ccccc12)C1CNC1. The van der Waals surface area contributed by atoms with Crippen LogP contribution in [0.1, 0.15) is 17.3 Å². The van der Waals surface area contributed by atoms with Gasteiger partial charge in [0.25, 0.3) is 5.91 Å². The number of nitrogens with zero attached hydrogens (tertiary/aromatic N) is 1. The Morgan fingerprint density at radius 3 is 2.89 bits per heavy atom. The highest BCUT2D eigenvalue weighted by molar-refractivity contribution is 6.06. The van der Waals surface area contributed by atoms with Crippen molar-refractivity contribution in [2.45, 2.75) is 13.0 Å². The van der Waals surface area contributed by atoms with Crippen LogP contribution in [0.15, 0.2) is 34.9 Å². The van der Waals surface area contributed by atoms with Crippen molar-refractivity contribution in [3.63, 3.8) is 0 Å². The molecular formula is C14H16N2O2. The van der Waals surface area contributed by atoms with Crippen LogP contribution in [-0.4, -0.2) is 36.5 Å². The van der Waals surface area contributed by atoms with Crippen LogP contribution in [0.25, 0.3) is 11.0 Å². The molecule has 2 aromatic rings. The van der Waals surface area contributed by atoms with Crippen LogP contribution in [0.5, 0.6) is 0 Å². The van der Waals surface area contributed by atoms with E-state index in [4.69, 9.17) is 4.42 Å². The van der Waals surface area contributed by atoms with Gasteiger partial charge in [0.15, 0.2) is 0 Å². The molecule has 0 unspecified atom stereocenters. The average molecular weight is 244 g/mol. The molecule has 0 aliphatic carbocycles. The Morgan fingerprint density at radius 2 is 2.22 bits per heavy atom. The van der Waals surface area contributed by atoms with Crippen molar-refractivity contribution in [3.8, 4) is 0 Å². The zero-order chi connectivity index (χ0) is 12.5. The topological polar surface area (TPSA) is 45.5 Å². The zero-order valence-corrected chi connectivity index (χ0v) is 10.3. The molecule has 1 aliphatic heterocycles. The third-order valence-corrected chi connectivity index (χ3v) is 3.51. The number of hydrogen-bond acceptors (Lipinski definition) is 3. The quantitative estimate of drug-likeness (QED) is 0.896. The summed E-state index contributed by atoms with van der Waals surface area (Å²) in [7, 11) is 0. The molecule has 94 valence electrons. The van der Waals surface area contributed by atoms with Crippen LogP contribution in [0.4, 0.5) is 0 Å². The number of fused-ring (bicyclic) bond motifs is 1. The Kier molecular flexibility index (Phi) is 2.80. The summed E-state index contributed by atoms with van der Waals surface area (Å²) >= 11 is 0. The summed E-state index contributed by atoms with van der Waals surface area (Å²) in [5, 5.41) is 4.09. The second-order valence-electron chi connectivity index (χ2n) is 4.55. The van der Waals surface area contributed by atoms with Gasteiger partial charge in [-0.15, -0.1) is 0 Å². The lowest BCUT2D eigenvalue weighted by Gasteiger charge is -2.37. The van der Waals surface area contributed by atoms with E-state index < -0.39 is 0 Å². The molecule has 1 aromatic carbocycles. The Morgan fingerprint density at radius 1 is 1.44 bits per heavy atom. The van der Waals surface area contributed by atoms with E-state index in [2.05, 4.69) is 5.32 Å². The van der Waals surface area contributed by atoms with E-state index in [1.54, 1.807) is 6.26 Å². The van der Waals surface area contributed by atoms with E-state index in [1.807, 2.05) is 36.1 Å². The number of carbonyl (C=O) groups excluding carboxylic acids is 1. The van der Waals surface area contributed by atoms with Gasteiger partial charge >= 0.3 is 0 Å². The Bertz CT molecular complexity index is 572. The highest BCUT2D eigenvalue weighted by atomic mass is 16.3. The smallest absolute Gasteiger partial charge is 0.258 e. The first-order chi connectivity index (χ1) is 8.81. The lowest BCUT2D eigenvalue weighted by atomic mass is 10.1. The highest BCUT2D eigenvalue weighted by Crippen LogP contribution is 2.23. The molecule has 0 radical (unpaired) electrons. The van der Waals surface area contributed by atoms with Crippen molar-refractivity contribution in [2.24, 2.45) is 0 Å². The number of benzene rings is 1. The fraction of sp³-hybridized carbons (Fsp3) is 0.357. The maximum Gasteiger partial charge on any atom is 0.258 e. The molecule has 0 saturated carbocycles. The molecule has 1 aliphatic rings. The molecule has 18 heavy (non-hydrogen) atoms. The van der Waals surface area contributed by atoms with Crippen molar-refractivity contribution >= 4 is 16.9 Å². The summed E-state index contributed by atoms with van der Waals surface area (Å²) in [4.78, 5) is 14.4. The summed E-state index contributed by atoms with van der Waals surface area (Å²) in [6.45, 7) is 4.51. The normalized spacial score (nSPS) is 15.6. The molecule has 1 amide bonds. The van der Waals surface area contributed by atoms with Crippen molar-refractivity contribution in [1.29, 1.82) is 0 Å². The van der Waals surface area contributed by atoms with Crippen LogP contribution in [0.2, 0.25) is 0 Å². The first-order valence-electron chi connectivity index (χ1n) is 6.29. The van der Waals surface area contributed by atoms with E-state index in [1.165, 1.54) is 0 Å². The predicted octanol–water partition coefficient (Wildman–Crippen LogP) is 1.87. The number of rotatable bonds is 3. The number of furan rings is 1.